The Morgan fingerprint density at radius 3 is 2.18 bits per heavy atom. The molecule has 104 valence electrons. The zero-order valence-corrected chi connectivity index (χ0v) is 11.5. The van der Waals surface area contributed by atoms with E-state index >= 15 is 0 Å². The Hall–Kier alpha value is -0.200. The number of nitrogens with one attached hydrogen (secondary N) is 3. The molecular formula is C12H31N5. The molecule has 1 unspecified atom stereocenters. The number of hydrogen-bond acceptors (Lipinski definition) is 5. The molecule has 0 rings (SSSR count). The van der Waals surface area contributed by atoms with E-state index in [4.69, 9.17) is 11.6 Å². The van der Waals surface area contributed by atoms with Crippen molar-refractivity contribution >= 4 is 0 Å². The molecule has 5 nitrogen and oxygen atoms in total. The molecule has 0 aromatic carbocycles. The third-order valence-electron chi connectivity index (χ3n) is 2.98. The lowest BCUT2D eigenvalue weighted by molar-refractivity contribution is 0.311. The third-order valence-corrected chi connectivity index (χ3v) is 2.98. The van der Waals surface area contributed by atoms with Gasteiger partial charge in [-0.2, -0.15) is 0 Å². The fourth-order valence-corrected chi connectivity index (χ4v) is 2.14. The standard InChI is InChI=1S/C12H31N5/c1-3-15-12(16-4-2)10-11(6-5-8-13)7-9-17-14/h11-12,15-17H,3-10,13-14H2,1-2H3. The molecule has 0 aliphatic heterocycles. The smallest absolute Gasteiger partial charge is 0.0574 e. The average molecular weight is 245 g/mol. The van der Waals surface area contributed by atoms with Crippen LogP contribution in [0.25, 0.3) is 0 Å². The monoisotopic (exact) mass is 245 g/mol. The van der Waals surface area contributed by atoms with Crippen molar-refractivity contribution in [3.63, 3.8) is 0 Å². The van der Waals surface area contributed by atoms with Crippen molar-refractivity contribution in [1.82, 2.24) is 16.1 Å². The van der Waals surface area contributed by atoms with Crippen LogP contribution >= 0.6 is 0 Å². The summed E-state index contributed by atoms with van der Waals surface area (Å²) >= 11 is 0. The van der Waals surface area contributed by atoms with Gasteiger partial charge in [0.25, 0.3) is 0 Å². The summed E-state index contributed by atoms with van der Waals surface area (Å²) in [7, 11) is 0. The van der Waals surface area contributed by atoms with Crippen molar-refractivity contribution in [3.8, 4) is 0 Å². The highest BCUT2D eigenvalue weighted by atomic mass is 15.2. The highest BCUT2D eigenvalue weighted by Gasteiger charge is 2.14. The molecule has 0 spiro atoms. The predicted octanol–water partition coefficient (Wildman–Crippen LogP) is 0.130. The van der Waals surface area contributed by atoms with Gasteiger partial charge in [0.15, 0.2) is 0 Å². The second-order valence-electron chi connectivity index (χ2n) is 4.44. The molecule has 0 amide bonds. The second-order valence-corrected chi connectivity index (χ2v) is 4.44. The average Bonchev–Trinajstić information content (AvgIpc) is 2.33. The van der Waals surface area contributed by atoms with Gasteiger partial charge in [0, 0.05) is 6.54 Å². The van der Waals surface area contributed by atoms with Crippen molar-refractivity contribution in [1.29, 1.82) is 0 Å². The van der Waals surface area contributed by atoms with E-state index in [1.165, 1.54) is 6.42 Å². The van der Waals surface area contributed by atoms with Gasteiger partial charge in [-0.25, -0.2) is 0 Å². The lowest BCUT2D eigenvalue weighted by Crippen LogP contribution is -2.43. The van der Waals surface area contributed by atoms with E-state index in [0.717, 1.165) is 45.4 Å². The SMILES string of the molecule is CCNC(CC(CCCN)CCNN)NCC. The van der Waals surface area contributed by atoms with Crippen LogP contribution in [0.15, 0.2) is 0 Å². The van der Waals surface area contributed by atoms with Crippen LogP contribution in [0.5, 0.6) is 0 Å². The van der Waals surface area contributed by atoms with Crippen molar-refractivity contribution in [2.24, 2.45) is 17.5 Å². The van der Waals surface area contributed by atoms with Crippen LogP contribution in [-0.4, -0.2) is 32.3 Å². The van der Waals surface area contributed by atoms with Crippen LogP contribution in [0.4, 0.5) is 0 Å². The first-order valence-corrected chi connectivity index (χ1v) is 6.88. The molecule has 0 fully saturated rings. The van der Waals surface area contributed by atoms with Crippen molar-refractivity contribution in [2.75, 3.05) is 26.2 Å². The fraction of sp³-hybridized carbons (Fsp3) is 1.00. The maximum absolute atomic E-state index is 5.58. The van der Waals surface area contributed by atoms with Gasteiger partial charge in [0.05, 0.1) is 6.17 Å². The molecule has 0 radical (unpaired) electrons. The van der Waals surface area contributed by atoms with Crippen LogP contribution in [0, 0.1) is 5.92 Å². The first-order chi connectivity index (χ1) is 8.28. The first-order valence-electron chi connectivity index (χ1n) is 6.88. The summed E-state index contributed by atoms with van der Waals surface area (Å²) < 4.78 is 0. The largest absolute Gasteiger partial charge is 0.330 e. The minimum Gasteiger partial charge on any atom is -0.330 e. The minimum absolute atomic E-state index is 0.408. The normalized spacial score (nSPS) is 13.2. The minimum atomic E-state index is 0.408. The van der Waals surface area contributed by atoms with Crippen LogP contribution in [0.3, 0.4) is 0 Å². The highest BCUT2D eigenvalue weighted by Crippen LogP contribution is 2.16. The molecule has 0 heterocycles. The quantitative estimate of drug-likeness (QED) is 0.192. The summed E-state index contributed by atoms with van der Waals surface area (Å²) in [5.74, 6) is 6.03. The number of rotatable bonds is 12. The molecule has 0 aliphatic rings. The molecule has 0 saturated heterocycles. The van der Waals surface area contributed by atoms with Crippen LogP contribution in [0.1, 0.15) is 39.5 Å². The predicted molar refractivity (Wildman–Crippen MR) is 74.3 cm³/mol. The van der Waals surface area contributed by atoms with Gasteiger partial charge in [-0.3, -0.25) is 11.3 Å². The van der Waals surface area contributed by atoms with Gasteiger partial charge in [-0.1, -0.05) is 13.8 Å². The number of nitrogens with two attached hydrogens (primary N) is 2. The zero-order chi connectivity index (χ0) is 12.9. The van der Waals surface area contributed by atoms with E-state index in [1.807, 2.05) is 0 Å². The number of hydrogen-bond donors (Lipinski definition) is 5. The summed E-state index contributed by atoms with van der Waals surface area (Å²) in [5, 5.41) is 6.95. The second kappa shape index (κ2) is 12.3. The summed E-state index contributed by atoms with van der Waals surface area (Å²) in [6, 6.07) is 0. The van der Waals surface area contributed by atoms with Crippen molar-refractivity contribution < 1.29 is 0 Å². The molecular weight excluding hydrogens is 214 g/mol. The lowest BCUT2D eigenvalue weighted by Gasteiger charge is -2.25. The Kier molecular flexibility index (Phi) is 12.1. The molecule has 0 aromatic rings. The molecule has 0 aromatic heterocycles. The lowest BCUT2D eigenvalue weighted by atomic mass is 9.94. The number of hydrazine groups is 1. The van der Waals surface area contributed by atoms with E-state index in [0.29, 0.717) is 12.1 Å². The van der Waals surface area contributed by atoms with Gasteiger partial charge < -0.3 is 16.4 Å². The van der Waals surface area contributed by atoms with Crippen LogP contribution in [-0.2, 0) is 0 Å². The molecule has 0 aliphatic carbocycles. The first kappa shape index (κ1) is 16.8. The van der Waals surface area contributed by atoms with Crippen molar-refractivity contribution in [2.45, 2.75) is 45.7 Å². The molecule has 0 saturated carbocycles. The van der Waals surface area contributed by atoms with E-state index < -0.39 is 0 Å². The van der Waals surface area contributed by atoms with E-state index in [-0.39, 0.29) is 0 Å². The fourth-order valence-electron chi connectivity index (χ4n) is 2.14. The molecule has 7 N–H and O–H groups in total. The van der Waals surface area contributed by atoms with Crippen molar-refractivity contribution in [3.05, 3.63) is 0 Å². The topological polar surface area (TPSA) is 88.1 Å². The summed E-state index contributed by atoms with van der Waals surface area (Å²) in [5.41, 5.74) is 8.32. The van der Waals surface area contributed by atoms with Gasteiger partial charge in [0.1, 0.15) is 0 Å². The Morgan fingerprint density at radius 2 is 1.71 bits per heavy atom. The Morgan fingerprint density at radius 1 is 1.06 bits per heavy atom. The van der Waals surface area contributed by atoms with Gasteiger partial charge in [0.2, 0.25) is 0 Å². The third kappa shape index (κ3) is 9.50. The van der Waals surface area contributed by atoms with E-state index in [1.54, 1.807) is 0 Å². The van der Waals surface area contributed by atoms with E-state index in [9.17, 15) is 0 Å². The maximum Gasteiger partial charge on any atom is 0.0574 e. The van der Waals surface area contributed by atoms with Crippen LogP contribution in [0.2, 0.25) is 0 Å². The van der Waals surface area contributed by atoms with Gasteiger partial charge in [-0.05, 0) is 51.2 Å². The molecule has 5 heteroatoms. The zero-order valence-electron chi connectivity index (χ0n) is 11.5. The Balaban J connectivity index is 4.04. The summed E-state index contributed by atoms with van der Waals surface area (Å²) in [6.07, 6.45) is 4.95. The molecule has 1 atom stereocenters. The van der Waals surface area contributed by atoms with Crippen LogP contribution < -0.4 is 27.6 Å². The van der Waals surface area contributed by atoms with E-state index in [2.05, 4.69) is 29.9 Å². The summed E-state index contributed by atoms with van der Waals surface area (Å²) in [6.45, 7) is 7.92. The van der Waals surface area contributed by atoms with Gasteiger partial charge >= 0.3 is 0 Å². The van der Waals surface area contributed by atoms with Gasteiger partial charge in [-0.15, -0.1) is 0 Å². The highest BCUT2D eigenvalue weighted by molar-refractivity contribution is 4.70. The summed E-state index contributed by atoms with van der Waals surface area (Å²) in [4.78, 5) is 0. The Bertz CT molecular complexity index is 140. The maximum atomic E-state index is 5.58. The Labute approximate surface area is 106 Å². The molecule has 17 heavy (non-hydrogen) atoms. The molecule has 0 bridgehead atoms.